The zero-order valence-electron chi connectivity index (χ0n) is 42.2. The molecule has 6 nitrogen and oxygen atoms in total. The Morgan fingerprint density at radius 2 is 0.615 bits per heavy atom. The van der Waals surface area contributed by atoms with Gasteiger partial charge in [-0.3, -0.25) is 14.4 Å². The van der Waals surface area contributed by atoms with Gasteiger partial charge in [-0.25, -0.2) is 0 Å². The van der Waals surface area contributed by atoms with Crippen LogP contribution in [0.2, 0.25) is 0 Å². The van der Waals surface area contributed by atoms with Crippen molar-refractivity contribution in [1.29, 1.82) is 0 Å². The van der Waals surface area contributed by atoms with Crippen LogP contribution in [0.25, 0.3) is 0 Å². The Morgan fingerprint density at radius 1 is 0.323 bits per heavy atom. The molecule has 0 fully saturated rings. The van der Waals surface area contributed by atoms with Gasteiger partial charge in [0.1, 0.15) is 13.2 Å². The van der Waals surface area contributed by atoms with E-state index in [1.165, 1.54) is 103 Å². The van der Waals surface area contributed by atoms with E-state index in [4.69, 9.17) is 14.2 Å². The summed E-state index contributed by atoms with van der Waals surface area (Å²) in [5, 5.41) is 0. The summed E-state index contributed by atoms with van der Waals surface area (Å²) in [4.78, 5) is 38.0. The van der Waals surface area contributed by atoms with Crippen molar-refractivity contribution >= 4 is 17.9 Å². The maximum atomic E-state index is 12.8. The standard InChI is InChI=1S/C59H98O6/c1-4-7-10-13-16-19-22-25-28-30-32-34-37-40-43-46-49-52-58(61)64-55-56(54-63-57(60)51-48-45-42-39-36-33-27-24-21-18-15-12-9-6-3)65-59(62)53-50-47-44-41-38-35-31-29-26-23-20-17-14-11-8-5-2/h7,10,13,16,19,22,25,28-34,36-37,56H,4-6,8-9,11-12,14-15,17-18,20-21,23-24,26-27,35,38-55H2,1-3H3/b10-7-,16-13-,22-19-,28-25-,31-29-,32-30+,36-33-,37-34-. The molecule has 0 aliphatic carbocycles. The first-order valence-corrected chi connectivity index (χ1v) is 26.8. The number of hydrogen-bond acceptors (Lipinski definition) is 6. The fraction of sp³-hybridized carbons (Fsp3) is 0.678. The van der Waals surface area contributed by atoms with Crippen LogP contribution in [0.3, 0.4) is 0 Å². The number of allylic oxidation sites excluding steroid dienone is 16. The van der Waals surface area contributed by atoms with E-state index in [1.54, 1.807) is 0 Å². The smallest absolute Gasteiger partial charge is 0.306 e. The molecule has 0 aromatic rings. The first-order valence-electron chi connectivity index (χ1n) is 26.8. The van der Waals surface area contributed by atoms with E-state index in [0.717, 1.165) is 96.3 Å². The van der Waals surface area contributed by atoms with Gasteiger partial charge >= 0.3 is 17.9 Å². The van der Waals surface area contributed by atoms with Gasteiger partial charge in [0.15, 0.2) is 6.10 Å². The van der Waals surface area contributed by atoms with E-state index in [0.29, 0.717) is 19.3 Å². The predicted octanol–water partition coefficient (Wildman–Crippen LogP) is 17.8. The van der Waals surface area contributed by atoms with Crippen molar-refractivity contribution in [3.63, 3.8) is 0 Å². The lowest BCUT2D eigenvalue weighted by atomic mass is 10.1. The summed E-state index contributed by atoms with van der Waals surface area (Å²) >= 11 is 0. The number of esters is 3. The predicted molar refractivity (Wildman–Crippen MR) is 279 cm³/mol. The molecule has 0 saturated heterocycles. The van der Waals surface area contributed by atoms with Crippen LogP contribution in [0.5, 0.6) is 0 Å². The van der Waals surface area contributed by atoms with Gasteiger partial charge in [-0.1, -0.05) is 227 Å². The molecule has 0 spiro atoms. The molecule has 1 unspecified atom stereocenters. The zero-order valence-corrected chi connectivity index (χ0v) is 42.2. The maximum absolute atomic E-state index is 12.8. The molecular weight excluding hydrogens is 805 g/mol. The third-order valence-electron chi connectivity index (χ3n) is 11.2. The van der Waals surface area contributed by atoms with Crippen molar-refractivity contribution in [2.75, 3.05) is 13.2 Å². The topological polar surface area (TPSA) is 78.9 Å². The fourth-order valence-electron chi connectivity index (χ4n) is 7.17. The first-order chi connectivity index (χ1) is 32.0. The fourth-order valence-corrected chi connectivity index (χ4v) is 7.17. The van der Waals surface area contributed by atoms with E-state index in [2.05, 4.69) is 57.2 Å². The number of rotatable bonds is 47. The van der Waals surface area contributed by atoms with Crippen molar-refractivity contribution in [2.24, 2.45) is 0 Å². The summed E-state index contributed by atoms with van der Waals surface area (Å²) < 4.78 is 16.8. The largest absolute Gasteiger partial charge is 0.462 e. The van der Waals surface area contributed by atoms with Crippen LogP contribution in [-0.2, 0) is 28.6 Å². The minimum Gasteiger partial charge on any atom is -0.462 e. The average molecular weight is 903 g/mol. The second kappa shape index (κ2) is 52.9. The van der Waals surface area contributed by atoms with Crippen LogP contribution in [0.1, 0.15) is 239 Å². The molecule has 0 aliphatic heterocycles. The summed E-state index contributed by atoms with van der Waals surface area (Å²) in [7, 11) is 0. The normalized spacial score (nSPS) is 12.8. The zero-order chi connectivity index (χ0) is 47.2. The Labute approximate surface area is 400 Å². The highest BCUT2D eigenvalue weighted by molar-refractivity contribution is 5.71. The average Bonchev–Trinajstić information content (AvgIpc) is 3.30. The molecule has 0 amide bonds. The molecule has 0 N–H and O–H groups in total. The van der Waals surface area contributed by atoms with Crippen LogP contribution in [0.4, 0.5) is 0 Å². The monoisotopic (exact) mass is 903 g/mol. The van der Waals surface area contributed by atoms with Crippen LogP contribution in [-0.4, -0.2) is 37.2 Å². The maximum Gasteiger partial charge on any atom is 0.306 e. The molecule has 0 bridgehead atoms. The highest BCUT2D eigenvalue weighted by Crippen LogP contribution is 2.14. The molecule has 6 heteroatoms. The highest BCUT2D eigenvalue weighted by Gasteiger charge is 2.19. The second-order valence-corrected chi connectivity index (χ2v) is 17.5. The van der Waals surface area contributed by atoms with Crippen molar-refractivity contribution < 1.29 is 28.6 Å². The molecule has 65 heavy (non-hydrogen) atoms. The number of ether oxygens (including phenoxy) is 3. The Hall–Kier alpha value is -3.67. The van der Waals surface area contributed by atoms with Gasteiger partial charge in [-0.05, 0) is 89.9 Å². The van der Waals surface area contributed by atoms with E-state index in [-0.39, 0.29) is 31.1 Å². The molecule has 0 rings (SSSR count). The summed E-state index contributed by atoms with van der Waals surface area (Å²) in [6.45, 7) is 6.43. The molecule has 1 atom stereocenters. The molecule has 0 aromatic heterocycles. The number of carbonyl (C=O) groups is 3. The van der Waals surface area contributed by atoms with Gasteiger partial charge in [0.2, 0.25) is 0 Å². The summed E-state index contributed by atoms with van der Waals surface area (Å²) in [6, 6.07) is 0. The number of unbranched alkanes of at least 4 members (excludes halogenated alkanes) is 25. The minimum absolute atomic E-state index is 0.104. The lowest BCUT2D eigenvalue weighted by molar-refractivity contribution is -0.167. The van der Waals surface area contributed by atoms with E-state index < -0.39 is 6.10 Å². The van der Waals surface area contributed by atoms with Crippen LogP contribution < -0.4 is 0 Å². The van der Waals surface area contributed by atoms with Crippen molar-refractivity contribution in [1.82, 2.24) is 0 Å². The van der Waals surface area contributed by atoms with E-state index in [1.807, 2.05) is 60.8 Å². The lowest BCUT2D eigenvalue weighted by Gasteiger charge is -2.18. The van der Waals surface area contributed by atoms with Gasteiger partial charge < -0.3 is 14.2 Å². The Morgan fingerprint density at radius 3 is 1.00 bits per heavy atom. The first kappa shape index (κ1) is 61.3. The molecule has 0 saturated carbocycles. The Balaban J connectivity index is 4.52. The quantitative estimate of drug-likeness (QED) is 0.0199. The molecule has 370 valence electrons. The molecule has 0 radical (unpaired) electrons. The third-order valence-corrected chi connectivity index (χ3v) is 11.2. The van der Waals surface area contributed by atoms with Crippen molar-refractivity contribution in [3.05, 3.63) is 97.2 Å². The van der Waals surface area contributed by atoms with E-state index in [9.17, 15) is 14.4 Å². The molecular formula is C59H98O6. The van der Waals surface area contributed by atoms with Gasteiger partial charge in [-0.2, -0.15) is 0 Å². The Bertz CT molecular complexity index is 1310. The van der Waals surface area contributed by atoms with Crippen LogP contribution in [0, 0.1) is 0 Å². The van der Waals surface area contributed by atoms with Gasteiger partial charge in [-0.15, -0.1) is 0 Å². The SMILES string of the molecule is CC\C=C/C=C\C=C/C=C\C=C\C=C/CCCCCC(=O)OCC(COC(=O)CCCCC/C=C\CCCCCCCCC)OC(=O)CCCCCCC/C=C\CCCCCCCCC. The summed E-state index contributed by atoms with van der Waals surface area (Å²) in [5.74, 6) is -0.972. The van der Waals surface area contributed by atoms with Crippen LogP contribution >= 0.6 is 0 Å². The lowest BCUT2D eigenvalue weighted by Crippen LogP contribution is -2.30. The van der Waals surface area contributed by atoms with Crippen molar-refractivity contribution in [2.45, 2.75) is 245 Å². The second-order valence-electron chi connectivity index (χ2n) is 17.5. The molecule has 0 aliphatic rings. The van der Waals surface area contributed by atoms with Gasteiger partial charge in [0.05, 0.1) is 0 Å². The Kier molecular flexibility index (Phi) is 50.0. The van der Waals surface area contributed by atoms with E-state index >= 15 is 0 Å². The summed E-state index contributed by atoms with van der Waals surface area (Å²) in [5.41, 5.74) is 0. The third kappa shape index (κ3) is 51.2. The summed E-state index contributed by atoms with van der Waals surface area (Å²) in [6.07, 6.45) is 69.6. The van der Waals surface area contributed by atoms with Gasteiger partial charge in [0.25, 0.3) is 0 Å². The molecule has 0 heterocycles. The number of hydrogen-bond donors (Lipinski definition) is 0. The highest BCUT2D eigenvalue weighted by atomic mass is 16.6. The van der Waals surface area contributed by atoms with Gasteiger partial charge in [0, 0.05) is 19.3 Å². The number of carbonyl (C=O) groups excluding carboxylic acids is 3. The van der Waals surface area contributed by atoms with Crippen molar-refractivity contribution in [3.8, 4) is 0 Å². The minimum atomic E-state index is -0.807. The van der Waals surface area contributed by atoms with Crippen LogP contribution in [0.15, 0.2) is 97.2 Å². The molecule has 0 aromatic carbocycles.